The maximum Gasteiger partial charge on any atom is 0.405 e. The van der Waals surface area contributed by atoms with Gasteiger partial charge in [0.1, 0.15) is 6.10 Å². The van der Waals surface area contributed by atoms with Crippen molar-refractivity contribution in [3.05, 3.63) is 0 Å². The van der Waals surface area contributed by atoms with Gasteiger partial charge in [0.25, 0.3) is 0 Å². The predicted octanol–water partition coefficient (Wildman–Crippen LogP) is 3.42. The zero-order valence-corrected chi connectivity index (χ0v) is 23.5. The van der Waals surface area contributed by atoms with E-state index in [2.05, 4.69) is 0 Å². The van der Waals surface area contributed by atoms with E-state index in [4.69, 9.17) is 14.0 Å². The topological polar surface area (TPSA) is 127 Å². The van der Waals surface area contributed by atoms with E-state index in [-0.39, 0.29) is 17.8 Å². The number of esters is 2. The molecule has 6 aliphatic carbocycles. The Labute approximate surface area is 227 Å². The molecule has 6 saturated carbocycles. The van der Waals surface area contributed by atoms with Crippen LogP contribution >= 0.6 is 0 Å². The highest BCUT2D eigenvalue weighted by atomic mass is 32.2. The van der Waals surface area contributed by atoms with Gasteiger partial charge in [-0.1, -0.05) is 0 Å². The van der Waals surface area contributed by atoms with Gasteiger partial charge < -0.3 is 14.4 Å². The molecule has 1 aliphatic heterocycles. The van der Waals surface area contributed by atoms with E-state index in [1.807, 2.05) is 20.8 Å². The monoisotopic (exact) mass is 573 g/mol. The zero-order chi connectivity index (χ0) is 28.4. The first-order valence-electron chi connectivity index (χ1n) is 14.0. The molecule has 7 rings (SSSR count). The second-order valence-electron chi connectivity index (χ2n) is 14.2. The third-order valence-electron chi connectivity index (χ3n) is 10.7. The van der Waals surface area contributed by atoms with Gasteiger partial charge >= 0.3 is 27.3 Å². The Bertz CT molecular complexity index is 1180. The molecule has 7 aliphatic rings. The van der Waals surface area contributed by atoms with Crippen molar-refractivity contribution in [1.82, 2.24) is 4.90 Å². The maximum absolute atomic E-state index is 14.2. The minimum atomic E-state index is -5.83. The van der Waals surface area contributed by atoms with Crippen molar-refractivity contribution in [3.8, 4) is 0 Å². The molecule has 7 atom stereocenters. The lowest BCUT2D eigenvalue weighted by atomic mass is 9.49. The van der Waals surface area contributed by atoms with Gasteiger partial charge in [-0.25, -0.2) is 0 Å². The Hall–Kier alpha value is -1.82. The number of carbonyl (C=O) groups is 3. The second-order valence-corrected chi connectivity index (χ2v) is 15.7. The Morgan fingerprint density at radius 2 is 1.56 bits per heavy atom. The SMILES string of the molecule is CC(OC(=O)C1C2CC3C1C(=O)N(C(C)(C)C)C3C2OC(=O)C12CC3CC(CC(C3)C1)C2)C(F)(F)S(=O)(=O)O. The van der Waals surface area contributed by atoms with Crippen molar-refractivity contribution in [2.24, 2.45) is 46.8 Å². The fourth-order valence-corrected chi connectivity index (χ4v) is 10.2. The quantitative estimate of drug-likeness (QED) is 0.378. The fourth-order valence-electron chi connectivity index (χ4n) is 9.71. The van der Waals surface area contributed by atoms with Crippen LogP contribution < -0.4 is 0 Å². The number of ether oxygens (including phenoxy) is 2. The molecule has 0 aromatic carbocycles. The standard InChI is InChI=1S/C27H37F2NO8S/c1-12(27(28,29)39(34,35)36)37-23(32)19-17-8-16-18(19)22(31)30(25(2,3)4)20(16)21(17)38-24(33)26-9-13-5-14(10-26)7-15(6-13)11-26/h12-21H,5-11H2,1-4H3,(H,34,35,36). The van der Waals surface area contributed by atoms with E-state index >= 15 is 0 Å². The molecule has 9 nitrogen and oxygen atoms in total. The Balaban J connectivity index is 1.29. The van der Waals surface area contributed by atoms with Crippen LogP contribution in [0.15, 0.2) is 0 Å². The van der Waals surface area contributed by atoms with Crippen LogP contribution in [-0.2, 0) is 34.0 Å². The van der Waals surface area contributed by atoms with Crippen molar-refractivity contribution in [2.75, 3.05) is 0 Å². The number of carbonyl (C=O) groups excluding carboxylic acids is 3. The molecule has 12 heteroatoms. The van der Waals surface area contributed by atoms with Gasteiger partial charge in [0.15, 0.2) is 6.10 Å². The van der Waals surface area contributed by atoms with Crippen LogP contribution in [0.2, 0.25) is 0 Å². The smallest absolute Gasteiger partial charge is 0.405 e. The van der Waals surface area contributed by atoms with Gasteiger partial charge in [0.05, 0.1) is 23.3 Å². The minimum absolute atomic E-state index is 0.276. The molecular formula is C27H37F2NO8S. The molecule has 6 bridgehead atoms. The number of alkyl halides is 2. The Kier molecular flexibility index (Phi) is 5.86. The second kappa shape index (κ2) is 8.36. The van der Waals surface area contributed by atoms with E-state index in [0.29, 0.717) is 31.1 Å². The summed E-state index contributed by atoms with van der Waals surface area (Å²) in [5.41, 5.74) is -1.19. The normalized spacial score (nSPS) is 43.2. The zero-order valence-electron chi connectivity index (χ0n) is 22.6. The molecule has 7 unspecified atom stereocenters. The maximum atomic E-state index is 14.2. The van der Waals surface area contributed by atoms with Crippen LogP contribution in [0.5, 0.6) is 0 Å². The van der Waals surface area contributed by atoms with E-state index in [1.165, 1.54) is 0 Å². The third kappa shape index (κ3) is 3.89. The lowest BCUT2D eigenvalue weighted by Crippen LogP contribution is -2.55. The van der Waals surface area contributed by atoms with Crippen molar-refractivity contribution < 1.29 is 45.6 Å². The first-order chi connectivity index (χ1) is 17.9. The number of nitrogens with zero attached hydrogens (tertiary/aromatic N) is 1. The van der Waals surface area contributed by atoms with Crippen LogP contribution in [0.25, 0.3) is 0 Å². The van der Waals surface area contributed by atoms with E-state index in [0.717, 1.165) is 38.5 Å². The van der Waals surface area contributed by atoms with Gasteiger partial charge in [-0.3, -0.25) is 18.9 Å². The van der Waals surface area contributed by atoms with Crippen LogP contribution in [0, 0.1) is 46.8 Å². The highest BCUT2D eigenvalue weighted by Crippen LogP contribution is 2.63. The molecule has 0 spiro atoms. The van der Waals surface area contributed by atoms with Gasteiger partial charge in [-0.05, 0) is 96.3 Å². The van der Waals surface area contributed by atoms with Gasteiger partial charge in [-0.2, -0.15) is 17.2 Å². The average molecular weight is 574 g/mol. The lowest BCUT2D eigenvalue weighted by molar-refractivity contribution is -0.187. The van der Waals surface area contributed by atoms with Crippen molar-refractivity contribution >= 4 is 28.0 Å². The first kappa shape index (κ1) is 27.4. The summed E-state index contributed by atoms with van der Waals surface area (Å²) in [5.74, 6) is -3.09. The highest BCUT2D eigenvalue weighted by molar-refractivity contribution is 7.86. The van der Waals surface area contributed by atoms with E-state index in [9.17, 15) is 31.6 Å². The molecular weight excluding hydrogens is 536 g/mol. The minimum Gasteiger partial charge on any atom is -0.459 e. The van der Waals surface area contributed by atoms with Crippen LogP contribution in [-0.4, -0.2) is 64.8 Å². The summed E-state index contributed by atoms with van der Waals surface area (Å²) in [6, 6.07) is -0.425. The van der Waals surface area contributed by atoms with Gasteiger partial charge in [0, 0.05) is 11.5 Å². The lowest BCUT2D eigenvalue weighted by Gasteiger charge is -2.55. The van der Waals surface area contributed by atoms with Gasteiger partial charge in [-0.15, -0.1) is 0 Å². The number of hydrogen-bond donors (Lipinski definition) is 1. The Morgan fingerprint density at radius 1 is 1.03 bits per heavy atom. The van der Waals surface area contributed by atoms with Crippen molar-refractivity contribution in [2.45, 2.75) is 102 Å². The number of likely N-dealkylation sites (tertiary alicyclic amines) is 1. The summed E-state index contributed by atoms with van der Waals surface area (Å²) in [7, 11) is -5.83. The fraction of sp³-hybridized carbons (Fsp3) is 0.889. The summed E-state index contributed by atoms with van der Waals surface area (Å²) in [6.07, 6.45) is 2.97. The summed E-state index contributed by atoms with van der Waals surface area (Å²) < 4.78 is 70.9. The molecule has 0 radical (unpaired) electrons. The molecule has 0 aromatic rings. The van der Waals surface area contributed by atoms with E-state index < -0.39 is 68.3 Å². The number of hydrogen-bond acceptors (Lipinski definition) is 7. The number of halogens is 2. The van der Waals surface area contributed by atoms with Crippen molar-refractivity contribution in [3.63, 3.8) is 0 Å². The number of rotatable bonds is 6. The third-order valence-corrected chi connectivity index (χ3v) is 11.7. The van der Waals surface area contributed by atoms with Gasteiger partial charge in [0.2, 0.25) is 5.91 Å². The van der Waals surface area contributed by atoms with Crippen LogP contribution in [0.1, 0.15) is 72.6 Å². The molecule has 1 saturated heterocycles. The van der Waals surface area contributed by atoms with Crippen molar-refractivity contribution in [1.29, 1.82) is 0 Å². The molecule has 218 valence electrons. The first-order valence-corrected chi connectivity index (χ1v) is 15.5. The number of fused-ring (bicyclic) bond motifs is 1. The molecule has 1 N–H and O–H groups in total. The largest absolute Gasteiger partial charge is 0.459 e. The van der Waals surface area contributed by atoms with Crippen LogP contribution in [0.4, 0.5) is 8.78 Å². The summed E-state index contributed by atoms with van der Waals surface area (Å²) in [4.78, 5) is 42.6. The molecule has 0 aromatic heterocycles. The van der Waals surface area contributed by atoms with E-state index in [1.54, 1.807) is 4.90 Å². The predicted molar refractivity (Wildman–Crippen MR) is 131 cm³/mol. The Morgan fingerprint density at radius 3 is 2.05 bits per heavy atom. The average Bonchev–Trinajstić information content (AvgIpc) is 3.39. The molecule has 39 heavy (non-hydrogen) atoms. The van der Waals surface area contributed by atoms with Crippen LogP contribution in [0.3, 0.4) is 0 Å². The molecule has 7 fully saturated rings. The molecule has 1 amide bonds. The summed E-state index contributed by atoms with van der Waals surface area (Å²) in [6.45, 7) is 6.28. The number of amides is 1. The highest BCUT2D eigenvalue weighted by Gasteiger charge is 2.73. The summed E-state index contributed by atoms with van der Waals surface area (Å²) in [5, 5.41) is -4.72. The molecule has 1 heterocycles. The summed E-state index contributed by atoms with van der Waals surface area (Å²) >= 11 is 0.